The molecule has 2 aromatic heterocycles. The molecule has 3 rings (SSSR count). The third-order valence-corrected chi connectivity index (χ3v) is 4.57. The van der Waals surface area contributed by atoms with Gasteiger partial charge in [-0.25, -0.2) is 9.67 Å². The molecule has 0 bridgehead atoms. The molecule has 0 aliphatic heterocycles. The van der Waals surface area contributed by atoms with Gasteiger partial charge in [0.1, 0.15) is 5.82 Å². The highest BCUT2D eigenvalue weighted by atomic mass is 32.2. The molecule has 3 aromatic rings. The summed E-state index contributed by atoms with van der Waals surface area (Å²) in [6.07, 6.45) is 0. The normalized spacial score (nSPS) is 13.8. The fourth-order valence-electron chi connectivity index (χ4n) is 2.44. The molecule has 6 nitrogen and oxygen atoms in total. The number of alkyl halides is 2. The van der Waals surface area contributed by atoms with Crippen LogP contribution in [0.5, 0.6) is 0 Å². The molecule has 2 heterocycles. The minimum atomic E-state index is -2.66. The number of halogens is 2. The van der Waals surface area contributed by atoms with Crippen LogP contribution < -0.4 is 0 Å². The van der Waals surface area contributed by atoms with Crippen molar-refractivity contribution < 1.29 is 8.78 Å². The number of hydrogen-bond acceptors (Lipinski definition) is 5. The Morgan fingerprint density at radius 1 is 1.17 bits per heavy atom. The van der Waals surface area contributed by atoms with Crippen molar-refractivity contribution >= 4 is 22.8 Å². The predicted octanol–water partition coefficient (Wildman–Crippen LogP) is 4.03. The highest BCUT2D eigenvalue weighted by Crippen LogP contribution is 2.37. The molecule has 0 saturated carbocycles. The summed E-state index contributed by atoms with van der Waals surface area (Å²) in [5.74, 6) is 0.305. The lowest BCUT2D eigenvalue weighted by Gasteiger charge is -2.20. The topological polar surface area (TPSA) is 61.4 Å². The molecule has 0 N–H and O–H groups in total. The van der Waals surface area contributed by atoms with Gasteiger partial charge in [-0.2, -0.15) is 8.78 Å². The van der Waals surface area contributed by atoms with Crippen molar-refractivity contribution in [2.75, 3.05) is 0 Å². The average molecular weight is 352 g/mol. The summed E-state index contributed by atoms with van der Waals surface area (Å²) in [5, 5.41) is 12.0. The largest absolute Gasteiger partial charge is 0.320 e. The van der Waals surface area contributed by atoms with E-state index in [2.05, 4.69) is 20.5 Å². The van der Waals surface area contributed by atoms with Crippen molar-refractivity contribution in [2.24, 2.45) is 0 Å². The van der Waals surface area contributed by atoms with Gasteiger partial charge in [-0.15, -0.1) is 5.10 Å². The van der Waals surface area contributed by atoms with E-state index in [0.29, 0.717) is 22.0 Å². The first-order valence-electron chi connectivity index (χ1n) is 7.49. The minimum Gasteiger partial charge on any atom is -0.269 e. The maximum atomic E-state index is 13.6. The Morgan fingerprint density at radius 2 is 1.88 bits per heavy atom. The number of fused-ring (bicyclic) bond motifs is 1. The maximum Gasteiger partial charge on any atom is 0.320 e. The first-order valence-corrected chi connectivity index (χ1v) is 8.37. The molecule has 9 heteroatoms. The molecule has 1 aromatic carbocycles. The van der Waals surface area contributed by atoms with E-state index in [1.165, 1.54) is 11.8 Å². The Balaban J connectivity index is 1.99. The van der Waals surface area contributed by atoms with Crippen LogP contribution in [0.25, 0.3) is 11.0 Å². The van der Waals surface area contributed by atoms with Gasteiger partial charge in [0.15, 0.2) is 0 Å². The van der Waals surface area contributed by atoms with Crippen LogP contribution in [0.4, 0.5) is 8.78 Å². The van der Waals surface area contributed by atoms with E-state index in [4.69, 9.17) is 0 Å². The van der Waals surface area contributed by atoms with Crippen LogP contribution in [-0.2, 0) is 5.54 Å². The molecule has 0 aliphatic carbocycles. The van der Waals surface area contributed by atoms with Gasteiger partial charge >= 0.3 is 6.55 Å². The van der Waals surface area contributed by atoms with E-state index >= 15 is 0 Å². The number of nitrogens with zero attached hydrogens (tertiary/aromatic N) is 6. The highest BCUT2D eigenvalue weighted by Gasteiger charge is 2.26. The van der Waals surface area contributed by atoms with Gasteiger partial charge in [0, 0.05) is 0 Å². The van der Waals surface area contributed by atoms with E-state index in [9.17, 15) is 8.78 Å². The fourth-order valence-corrected chi connectivity index (χ4v) is 3.52. The second-order valence-corrected chi connectivity index (χ2v) is 7.72. The van der Waals surface area contributed by atoms with Crippen LogP contribution >= 0.6 is 11.8 Å². The van der Waals surface area contributed by atoms with Gasteiger partial charge in [-0.1, -0.05) is 23.9 Å². The minimum absolute atomic E-state index is 0.297. The Morgan fingerprint density at radius 3 is 2.54 bits per heavy atom. The lowest BCUT2D eigenvalue weighted by molar-refractivity contribution is 0.0715. The second-order valence-electron chi connectivity index (χ2n) is 6.41. The highest BCUT2D eigenvalue weighted by molar-refractivity contribution is 7.99. The molecule has 1 unspecified atom stereocenters. The first-order chi connectivity index (χ1) is 11.3. The molecule has 0 fully saturated rings. The first kappa shape index (κ1) is 16.8. The molecule has 0 radical (unpaired) electrons. The summed E-state index contributed by atoms with van der Waals surface area (Å²) >= 11 is 1.31. The van der Waals surface area contributed by atoms with Crippen LogP contribution in [0.15, 0.2) is 29.4 Å². The van der Waals surface area contributed by atoms with Gasteiger partial charge in [-0.05, 0) is 50.3 Å². The number of imidazole rings is 1. The molecular formula is C15H18F2N6S. The van der Waals surface area contributed by atoms with E-state index in [1.54, 1.807) is 28.9 Å². The third kappa shape index (κ3) is 3.00. The summed E-state index contributed by atoms with van der Waals surface area (Å²) in [6, 6.07) is 6.89. The van der Waals surface area contributed by atoms with Crippen molar-refractivity contribution in [1.29, 1.82) is 0 Å². The monoisotopic (exact) mass is 352 g/mol. The van der Waals surface area contributed by atoms with Crippen molar-refractivity contribution in [3.05, 3.63) is 30.1 Å². The lowest BCUT2D eigenvalue weighted by atomic mass is 10.1. The van der Waals surface area contributed by atoms with Gasteiger partial charge in [-0.3, -0.25) is 4.57 Å². The number of para-hydroxylation sites is 2. The fraction of sp³-hybridized carbons (Fsp3) is 0.467. The molecule has 0 amide bonds. The number of rotatable bonds is 4. The maximum absolute atomic E-state index is 13.6. The van der Waals surface area contributed by atoms with E-state index in [0.717, 1.165) is 4.57 Å². The molecule has 0 spiro atoms. The zero-order valence-corrected chi connectivity index (χ0v) is 14.6. The average Bonchev–Trinajstić information content (AvgIpc) is 3.10. The Labute approximate surface area is 142 Å². The van der Waals surface area contributed by atoms with Gasteiger partial charge in [0.2, 0.25) is 5.16 Å². The van der Waals surface area contributed by atoms with E-state index in [-0.39, 0.29) is 10.8 Å². The van der Waals surface area contributed by atoms with Crippen molar-refractivity contribution in [3.8, 4) is 0 Å². The van der Waals surface area contributed by atoms with Crippen molar-refractivity contribution in [1.82, 2.24) is 29.8 Å². The molecule has 1 atom stereocenters. The summed E-state index contributed by atoms with van der Waals surface area (Å²) < 4.78 is 29.8. The number of tetrazole rings is 1. The standard InChI is InChI=1S/C15H18F2N6S/c1-9(24-14-19-20-21-23(14)15(2,3)4)12-18-10-7-5-6-8-11(10)22(12)13(16)17/h5-9,13H,1-4H3. The van der Waals surface area contributed by atoms with Gasteiger partial charge in [0.05, 0.1) is 21.8 Å². The molecule has 24 heavy (non-hydrogen) atoms. The number of aromatic nitrogens is 6. The van der Waals surface area contributed by atoms with Crippen LogP contribution in [0, 0.1) is 0 Å². The van der Waals surface area contributed by atoms with Crippen molar-refractivity contribution in [2.45, 2.75) is 50.2 Å². The molecule has 0 aliphatic rings. The lowest BCUT2D eigenvalue weighted by Crippen LogP contribution is -2.24. The number of hydrogen-bond donors (Lipinski definition) is 0. The quantitative estimate of drug-likeness (QED) is 0.664. The van der Waals surface area contributed by atoms with Crippen LogP contribution in [-0.4, -0.2) is 29.8 Å². The predicted molar refractivity (Wildman–Crippen MR) is 88.1 cm³/mol. The van der Waals surface area contributed by atoms with Crippen LogP contribution in [0.3, 0.4) is 0 Å². The zero-order chi connectivity index (χ0) is 17.5. The Bertz CT molecular complexity index is 851. The Kier molecular flexibility index (Phi) is 4.29. The molecular weight excluding hydrogens is 334 g/mol. The van der Waals surface area contributed by atoms with Crippen LogP contribution in [0.2, 0.25) is 0 Å². The van der Waals surface area contributed by atoms with E-state index < -0.39 is 6.55 Å². The number of thioether (sulfide) groups is 1. The SMILES string of the molecule is CC(Sc1nnnn1C(C)(C)C)c1nc2ccccc2n1C(F)F. The molecule has 128 valence electrons. The molecule has 0 saturated heterocycles. The summed E-state index contributed by atoms with van der Waals surface area (Å²) in [5.41, 5.74) is 0.676. The van der Waals surface area contributed by atoms with Gasteiger partial charge in [0.25, 0.3) is 0 Å². The second kappa shape index (κ2) is 6.12. The van der Waals surface area contributed by atoms with Crippen molar-refractivity contribution in [3.63, 3.8) is 0 Å². The smallest absolute Gasteiger partial charge is 0.269 e. The Hall–Kier alpha value is -2.03. The summed E-state index contributed by atoms with van der Waals surface area (Å²) in [6.45, 7) is 5.10. The third-order valence-electron chi connectivity index (χ3n) is 3.54. The summed E-state index contributed by atoms with van der Waals surface area (Å²) in [7, 11) is 0. The van der Waals surface area contributed by atoms with Gasteiger partial charge < -0.3 is 0 Å². The van der Waals surface area contributed by atoms with E-state index in [1.807, 2.05) is 27.7 Å². The number of benzene rings is 1. The van der Waals surface area contributed by atoms with Crippen LogP contribution in [0.1, 0.15) is 45.3 Å². The summed E-state index contributed by atoms with van der Waals surface area (Å²) in [4.78, 5) is 4.39. The zero-order valence-electron chi connectivity index (χ0n) is 13.8.